The van der Waals surface area contributed by atoms with Crippen LogP contribution in [0.25, 0.3) is 0 Å². The summed E-state index contributed by atoms with van der Waals surface area (Å²) in [4.78, 5) is 13.8. The van der Waals surface area contributed by atoms with Crippen molar-refractivity contribution in [3.8, 4) is 0 Å². The van der Waals surface area contributed by atoms with Crippen LogP contribution in [0, 0.1) is 5.92 Å². The first kappa shape index (κ1) is 11.5. The fourth-order valence-electron chi connectivity index (χ4n) is 2.22. The number of carbonyl (C=O) groups is 1. The molecule has 1 fully saturated rings. The van der Waals surface area contributed by atoms with Crippen LogP contribution in [-0.2, 0) is 4.79 Å². The van der Waals surface area contributed by atoms with E-state index in [1.807, 2.05) is 11.9 Å². The fourth-order valence-corrected chi connectivity index (χ4v) is 2.22. The molecule has 82 valence electrons. The number of hydrogen-bond donors (Lipinski definition) is 1. The average molecular weight is 198 g/mol. The Labute approximate surface area is 86.9 Å². The second-order valence-corrected chi connectivity index (χ2v) is 4.64. The molecule has 0 radical (unpaired) electrons. The van der Waals surface area contributed by atoms with Gasteiger partial charge in [-0.1, -0.05) is 13.8 Å². The monoisotopic (exact) mass is 198 g/mol. The summed E-state index contributed by atoms with van der Waals surface area (Å²) in [7, 11) is 1.86. The normalized spacial score (nSPS) is 24.8. The second kappa shape index (κ2) is 4.78. The molecule has 3 nitrogen and oxygen atoms in total. The van der Waals surface area contributed by atoms with Gasteiger partial charge in [0.05, 0.1) is 6.04 Å². The number of amides is 1. The van der Waals surface area contributed by atoms with E-state index < -0.39 is 0 Å². The molecule has 1 saturated heterocycles. The molecule has 0 aromatic heterocycles. The Bertz CT molecular complexity index is 203. The molecular weight excluding hydrogens is 176 g/mol. The molecule has 0 aromatic carbocycles. The van der Waals surface area contributed by atoms with E-state index in [-0.39, 0.29) is 11.9 Å². The van der Waals surface area contributed by atoms with Gasteiger partial charge >= 0.3 is 0 Å². The minimum Gasteiger partial charge on any atom is -0.339 e. The number of nitrogens with zero attached hydrogens (tertiary/aromatic N) is 1. The van der Waals surface area contributed by atoms with Crippen LogP contribution >= 0.6 is 0 Å². The van der Waals surface area contributed by atoms with Crippen molar-refractivity contribution in [1.29, 1.82) is 0 Å². The van der Waals surface area contributed by atoms with Crippen LogP contribution in [0.1, 0.15) is 33.6 Å². The number of hydrogen-bond acceptors (Lipinski definition) is 2. The molecule has 1 amide bonds. The highest BCUT2D eigenvalue weighted by Gasteiger charge is 2.33. The summed E-state index contributed by atoms with van der Waals surface area (Å²) in [6, 6.07) is 0.450. The van der Waals surface area contributed by atoms with Crippen LogP contribution in [0.3, 0.4) is 0 Å². The van der Waals surface area contributed by atoms with E-state index in [1.165, 1.54) is 0 Å². The quantitative estimate of drug-likeness (QED) is 0.737. The molecule has 1 aliphatic rings. The summed E-state index contributed by atoms with van der Waals surface area (Å²) in [5.41, 5.74) is 0. The maximum Gasteiger partial charge on any atom is 0.240 e. The van der Waals surface area contributed by atoms with E-state index in [0.717, 1.165) is 19.4 Å². The summed E-state index contributed by atoms with van der Waals surface area (Å²) in [6.07, 6.45) is 2.06. The van der Waals surface area contributed by atoms with Crippen LogP contribution in [0.5, 0.6) is 0 Å². The summed E-state index contributed by atoms with van der Waals surface area (Å²) in [6.45, 7) is 7.47. The van der Waals surface area contributed by atoms with Gasteiger partial charge in [-0.25, -0.2) is 0 Å². The first-order valence-electron chi connectivity index (χ1n) is 5.54. The fraction of sp³-hybridized carbons (Fsp3) is 0.909. The molecule has 0 bridgehead atoms. The molecular formula is C11H22N2O. The Kier molecular flexibility index (Phi) is 3.93. The van der Waals surface area contributed by atoms with E-state index in [4.69, 9.17) is 0 Å². The van der Waals surface area contributed by atoms with Crippen LogP contribution in [-0.4, -0.2) is 36.5 Å². The highest BCUT2D eigenvalue weighted by Crippen LogP contribution is 2.18. The Morgan fingerprint density at radius 3 is 2.57 bits per heavy atom. The Hall–Kier alpha value is -0.570. The Balaban J connectivity index is 2.50. The maximum atomic E-state index is 11.8. The van der Waals surface area contributed by atoms with Crippen LogP contribution in [0.15, 0.2) is 0 Å². The minimum absolute atomic E-state index is 0.0598. The molecule has 1 heterocycles. The molecule has 2 atom stereocenters. The lowest BCUT2D eigenvalue weighted by Gasteiger charge is -2.26. The third-order valence-corrected chi connectivity index (χ3v) is 2.93. The van der Waals surface area contributed by atoms with Gasteiger partial charge in [0.2, 0.25) is 5.91 Å². The predicted molar refractivity (Wildman–Crippen MR) is 58.1 cm³/mol. The topological polar surface area (TPSA) is 32.3 Å². The predicted octanol–water partition coefficient (Wildman–Crippen LogP) is 1.24. The zero-order valence-electron chi connectivity index (χ0n) is 9.71. The van der Waals surface area contributed by atoms with E-state index in [0.29, 0.717) is 12.0 Å². The Morgan fingerprint density at radius 2 is 2.14 bits per heavy atom. The van der Waals surface area contributed by atoms with Gasteiger partial charge in [0.1, 0.15) is 0 Å². The highest BCUT2D eigenvalue weighted by molar-refractivity contribution is 5.84. The van der Waals surface area contributed by atoms with E-state index in [9.17, 15) is 4.79 Å². The molecule has 1 N–H and O–H groups in total. The number of nitrogens with one attached hydrogen (secondary N) is 1. The molecule has 0 aromatic rings. The smallest absolute Gasteiger partial charge is 0.240 e. The van der Waals surface area contributed by atoms with E-state index >= 15 is 0 Å². The Morgan fingerprint density at radius 1 is 1.50 bits per heavy atom. The van der Waals surface area contributed by atoms with Crippen molar-refractivity contribution < 1.29 is 4.79 Å². The molecule has 0 spiro atoms. The van der Waals surface area contributed by atoms with Gasteiger partial charge in [0, 0.05) is 12.6 Å². The number of carbonyl (C=O) groups excluding carboxylic acids is 1. The number of likely N-dealkylation sites (tertiary alicyclic amines) is 1. The van der Waals surface area contributed by atoms with Crippen molar-refractivity contribution in [2.75, 3.05) is 13.6 Å². The van der Waals surface area contributed by atoms with Gasteiger partial charge in [-0.3, -0.25) is 4.79 Å². The van der Waals surface area contributed by atoms with E-state index in [2.05, 4.69) is 26.1 Å². The van der Waals surface area contributed by atoms with Gasteiger partial charge in [0.15, 0.2) is 0 Å². The molecule has 1 rings (SSSR count). The van der Waals surface area contributed by atoms with Crippen LogP contribution in [0.4, 0.5) is 0 Å². The third-order valence-electron chi connectivity index (χ3n) is 2.93. The molecule has 3 heteroatoms. The van der Waals surface area contributed by atoms with E-state index in [1.54, 1.807) is 0 Å². The minimum atomic E-state index is 0.0598. The van der Waals surface area contributed by atoms with Gasteiger partial charge in [0.25, 0.3) is 0 Å². The van der Waals surface area contributed by atoms with Crippen LogP contribution < -0.4 is 5.32 Å². The van der Waals surface area contributed by atoms with Crippen molar-refractivity contribution >= 4 is 5.91 Å². The first-order chi connectivity index (χ1) is 6.56. The van der Waals surface area contributed by atoms with Gasteiger partial charge in [-0.2, -0.15) is 0 Å². The third kappa shape index (κ3) is 2.47. The second-order valence-electron chi connectivity index (χ2n) is 4.64. The summed E-state index contributed by atoms with van der Waals surface area (Å²) in [5, 5.41) is 3.06. The molecule has 1 aliphatic heterocycles. The molecule has 0 saturated carbocycles. The van der Waals surface area contributed by atoms with Crippen molar-refractivity contribution in [3.05, 3.63) is 0 Å². The van der Waals surface area contributed by atoms with Crippen LogP contribution in [0.2, 0.25) is 0 Å². The highest BCUT2D eigenvalue weighted by atomic mass is 16.2. The van der Waals surface area contributed by atoms with Gasteiger partial charge in [-0.15, -0.1) is 0 Å². The average Bonchev–Trinajstić information content (AvgIpc) is 2.45. The van der Waals surface area contributed by atoms with Gasteiger partial charge < -0.3 is 10.2 Å². The standard InChI is InChI=1S/C11H22N2O/c1-8(2)7-9(3)13-6-5-10(12-4)11(13)14/h8-10,12H,5-7H2,1-4H3. The number of likely N-dealkylation sites (N-methyl/N-ethyl adjacent to an activating group) is 1. The zero-order valence-corrected chi connectivity index (χ0v) is 9.71. The lowest BCUT2D eigenvalue weighted by atomic mass is 10.0. The zero-order chi connectivity index (χ0) is 10.7. The summed E-state index contributed by atoms with van der Waals surface area (Å²) in [5.74, 6) is 0.937. The lowest BCUT2D eigenvalue weighted by Crippen LogP contribution is -2.41. The largest absolute Gasteiger partial charge is 0.339 e. The molecule has 2 unspecified atom stereocenters. The summed E-state index contributed by atoms with van der Waals surface area (Å²) >= 11 is 0. The molecule has 0 aliphatic carbocycles. The summed E-state index contributed by atoms with van der Waals surface area (Å²) < 4.78 is 0. The van der Waals surface area contributed by atoms with Crippen molar-refractivity contribution in [2.24, 2.45) is 5.92 Å². The van der Waals surface area contributed by atoms with Crippen molar-refractivity contribution in [3.63, 3.8) is 0 Å². The SMILES string of the molecule is CNC1CCN(C(C)CC(C)C)C1=O. The molecule has 14 heavy (non-hydrogen) atoms. The van der Waals surface area contributed by atoms with Gasteiger partial charge in [-0.05, 0) is 32.7 Å². The van der Waals surface area contributed by atoms with Crippen molar-refractivity contribution in [2.45, 2.75) is 45.7 Å². The number of rotatable bonds is 4. The first-order valence-corrected chi connectivity index (χ1v) is 5.54. The van der Waals surface area contributed by atoms with Crippen molar-refractivity contribution in [1.82, 2.24) is 10.2 Å². The lowest BCUT2D eigenvalue weighted by molar-refractivity contribution is -0.131. The maximum absolute atomic E-state index is 11.8.